The smallest absolute Gasteiger partial charge is 0.324 e. The van der Waals surface area contributed by atoms with Gasteiger partial charge in [0.2, 0.25) is 5.91 Å². The first-order valence-electron chi connectivity index (χ1n) is 10.3. The highest BCUT2D eigenvalue weighted by Gasteiger charge is 2.30. The third kappa shape index (κ3) is 5.37. The van der Waals surface area contributed by atoms with Crippen molar-refractivity contribution in [3.8, 4) is 0 Å². The van der Waals surface area contributed by atoms with Crippen LogP contribution in [0.2, 0.25) is 0 Å². The molecule has 1 aliphatic rings. The third-order valence-corrected chi connectivity index (χ3v) is 5.16. The maximum Gasteiger partial charge on any atom is 0.324 e. The largest absolute Gasteiger partial charge is 0.326 e. The van der Waals surface area contributed by atoms with Crippen molar-refractivity contribution in [1.29, 1.82) is 0 Å². The van der Waals surface area contributed by atoms with Crippen LogP contribution in [0.25, 0.3) is 0 Å². The molecule has 1 heterocycles. The van der Waals surface area contributed by atoms with Gasteiger partial charge in [-0.05, 0) is 48.6 Å². The summed E-state index contributed by atoms with van der Waals surface area (Å²) in [6.07, 6.45) is 1.39. The summed E-state index contributed by atoms with van der Waals surface area (Å²) in [4.78, 5) is 29.0. The number of nitrogens with one attached hydrogen (secondary N) is 1. The second-order valence-corrected chi connectivity index (χ2v) is 8.90. The van der Waals surface area contributed by atoms with Crippen molar-refractivity contribution in [3.63, 3.8) is 0 Å². The molecule has 2 aromatic rings. The molecular formula is C24H31N3O2. The minimum Gasteiger partial charge on any atom is -0.326 e. The Kier molecular flexibility index (Phi) is 6.26. The van der Waals surface area contributed by atoms with E-state index in [4.69, 9.17) is 0 Å². The van der Waals surface area contributed by atoms with Crippen molar-refractivity contribution in [2.75, 3.05) is 23.3 Å². The number of carbonyl (C=O) groups is 2. The topological polar surface area (TPSA) is 52.6 Å². The molecule has 2 aromatic carbocycles. The molecule has 1 atom stereocenters. The standard InChI is InChI=1S/C24H31N3O2/c1-18(19-9-6-5-7-10-19)26-15-8-16-27(23(26)29)21-13-11-20(12-14-21)25-22(28)17-24(2,3)4/h5-7,9-14,18H,8,15-17H2,1-4H3,(H,25,28). The predicted molar refractivity (Wildman–Crippen MR) is 118 cm³/mol. The van der Waals surface area contributed by atoms with Crippen molar-refractivity contribution < 1.29 is 9.59 Å². The van der Waals surface area contributed by atoms with E-state index >= 15 is 0 Å². The molecule has 29 heavy (non-hydrogen) atoms. The second kappa shape index (κ2) is 8.68. The summed E-state index contributed by atoms with van der Waals surface area (Å²) in [5.41, 5.74) is 2.69. The Bertz CT molecular complexity index is 841. The van der Waals surface area contributed by atoms with Gasteiger partial charge in [-0.1, -0.05) is 51.1 Å². The number of rotatable bonds is 5. The van der Waals surface area contributed by atoms with Crippen molar-refractivity contribution in [2.45, 2.75) is 46.6 Å². The fourth-order valence-electron chi connectivity index (χ4n) is 3.67. The fraction of sp³-hybridized carbons (Fsp3) is 0.417. The first-order valence-corrected chi connectivity index (χ1v) is 10.3. The zero-order valence-corrected chi connectivity index (χ0v) is 17.8. The molecule has 1 aliphatic heterocycles. The molecule has 0 aliphatic carbocycles. The monoisotopic (exact) mass is 393 g/mol. The van der Waals surface area contributed by atoms with E-state index in [-0.39, 0.29) is 23.4 Å². The van der Waals surface area contributed by atoms with E-state index in [0.29, 0.717) is 13.0 Å². The van der Waals surface area contributed by atoms with Crippen LogP contribution < -0.4 is 10.2 Å². The molecule has 1 saturated heterocycles. The number of carbonyl (C=O) groups excluding carboxylic acids is 2. The maximum atomic E-state index is 13.1. The Morgan fingerprint density at radius 1 is 1.03 bits per heavy atom. The Morgan fingerprint density at radius 2 is 1.69 bits per heavy atom. The number of benzene rings is 2. The van der Waals surface area contributed by atoms with E-state index < -0.39 is 0 Å². The van der Waals surface area contributed by atoms with E-state index in [9.17, 15) is 9.59 Å². The first-order chi connectivity index (χ1) is 13.7. The second-order valence-electron chi connectivity index (χ2n) is 8.90. The van der Waals surface area contributed by atoms with Gasteiger partial charge in [0, 0.05) is 30.9 Å². The minimum atomic E-state index is -0.0524. The zero-order chi connectivity index (χ0) is 21.0. The van der Waals surface area contributed by atoms with Gasteiger partial charge >= 0.3 is 6.03 Å². The number of urea groups is 1. The van der Waals surface area contributed by atoms with E-state index in [1.165, 1.54) is 0 Å². The maximum absolute atomic E-state index is 13.1. The molecule has 0 saturated carbocycles. The molecule has 154 valence electrons. The number of amides is 3. The number of hydrogen-bond acceptors (Lipinski definition) is 2. The summed E-state index contributed by atoms with van der Waals surface area (Å²) in [6, 6.07) is 17.7. The van der Waals surface area contributed by atoms with Crippen molar-refractivity contribution >= 4 is 23.3 Å². The summed E-state index contributed by atoms with van der Waals surface area (Å²) >= 11 is 0. The van der Waals surface area contributed by atoms with Crippen LogP contribution in [0.4, 0.5) is 16.2 Å². The molecule has 0 spiro atoms. The van der Waals surface area contributed by atoms with Crippen molar-refractivity contribution in [1.82, 2.24) is 4.90 Å². The molecule has 3 amide bonds. The van der Waals surface area contributed by atoms with Gasteiger partial charge in [0.25, 0.3) is 0 Å². The lowest BCUT2D eigenvalue weighted by atomic mass is 9.92. The molecule has 5 nitrogen and oxygen atoms in total. The molecule has 0 radical (unpaired) electrons. The average molecular weight is 394 g/mol. The van der Waals surface area contributed by atoms with Gasteiger partial charge in [-0.25, -0.2) is 4.79 Å². The minimum absolute atomic E-state index is 0.00200. The lowest BCUT2D eigenvalue weighted by Crippen LogP contribution is -2.50. The van der Waals surface area contributed by atoms with Crippen LogP contribution in [0.5, 0.6) is 0 Å². The molecular weight excluding hydrogens is 362 g/mol. The Labute approximate surface area is 173 Å². The lowest BCUT2D eigenvalue weighted by Gasteiger charge is -2.39. The van der Waals surface area contributed by atoms with Crippen LogP contribution in [0.3, 0.4) is 0 Å². The fourth-order valence-corrected chi connectivity index (χ4v) is 3.67. The number of hydrogen-bond donors (Lipinski definition) is 1. The van der Waals surface area contributed by atoms with Crippen LogP contribution >= 0.6 is 0 Å². The van der Waals surface area contributed by atoms with Crippen LogP contribution in [-0.2, 0) is 4.79 Å². The summed E-state index contributed by atoms with van der Waals surface area (Å²) in [5.74, 6) is 0.00200. The van der Waals surface area contributed by atoms with Gasteiger partial charge in [-0.3, -0.25) is 9.69 Å². The highest BCUT2D eigenvalue weighted by Crippen LogP contribution is 2.28. The Hall–Kier alpha value is -2.82. The molecule has 1 unspecified atom stereocenters. The molecule has 1 N–H and O–H groups in total. The Morgan fingerprint density at radius 3 is 2.31 bits per heavy atom. The highest BCUT2D eigenvalue weighted by molar-refractivity contribution is 5.94. The number of nitrogens with zero attached hydrogens (tertiary/aromatic N) is 2. The quantitative estimate of drug-likeness (QED) is 0.734. The summed E-state index contributed by atoms with van der Waals surface area (Å²) in [6.45, 7) is 9.66. The zero-order valence-electron chi connectivity index (χ0n) is 17.8. The SMILES string of the molecule is CC(c1ccccc1)N1CCCN(c2ccc(NC(=O)CC(C)(C)C)cc2)C1=O. The Balaban J connectivity index is 1.68. The van der Waals surface area contributed by atoms with Gasteiger partial charge in [0.15, 0.2) is 0 Å². The molecule has 1 fully saturated rings. The van der Waals surface area contributed by atoms with Crippen LogP contribution in [0, 0.1) is 5.41 Å². The van der Waals surface area contributed by atoms with E-state index in [0.717, 1.165) is 29.9 Å². The van der Waals surface area contributed by atoms with Gasteiger partial charge in [0.05, 0.1) is 6.04 Å². The highest BCUT2D eigenvalue weighted by atomic mass is 16.2. The summed E-state index contributed by atoms with van der Waals surface area (Å²) in [7, 11) is 0. The summed E-state index contributed by atoms with van der Waals surface area (Å²) < 4.78 is 0. The average Bonchev–Trinajstić information content (AvgIpc) is 2.67. The van der Waals surface area contributed by atoms with Crippen LogP contribution in [0.1, 0.15) is 52.1 Å². The van der Waals surface area contributed by atoms with Gasteiger partial charge in [0.1, 0.15) is 0 Å². The molecule has 5 heteroatoms. The molecule has 3 rings (SSSR count). The van der Waals surface area contributed by atoms with Crippen LogP contribution in [0.15, 0.2) is 54.6 Å². The van der Waals surface area contributed by atoms with E-state index in [1.54, 1.807) is 0 Å². The molecule has 0 bridgehead atoms. The predicted octanol–water partition coefficient (Wildman–Crippen LogP) is 5.45. The third-order valence-electron chi connectivity index (χ3n) is 5.16. The van der Waals surface area contributed by atoms with Gasteiger partial charge in [-0.15, -0.1) is 0 Å². The van der Waals surface area contributed by atoms with Crippen LogP contribution in [-0.4, -0.2) is 29.9 Å². The summed E-state index contributed by atoms with van der Waals surface area (Å²) in [5, 5.41) is 2.94. The molecule has 0 aromatic heterocycles. The van der Waals surface area contributed by atoms with Crippen molar-refractivity contribution in [3.05, 3.63) is 60.2 Å². The number of anilines is 2. The van der Waals surface area contributed by atoms with Gasteiger partial charge in [-0.2, -0.15) is 0 Å². The van der Waals surface area contributed by atoms with E-state index in [2.05, 4.69) is 24.4 Å². The van der Waals surface area contributed by atoms with Crippen molar-refractivity contribution in [2.24, 2.45) is 5.41 Å². The lowest BCUT2D eigenvalue weighted by molar-refractivity contribution is -0.117. The van der Waals surface area contributed by atoms with E-state index in [1.807, 2.05) is 73.0 Å². The van der Waals surface area contributed by atoms with Gasteiger partial charge < -0.3 is 10.2 Å². The normalized spacial score (nSPS) is 15.9. The first kappa shape index (κ1) is 20.9.